The Morgan fingerprint density at radius 1 is 1.06 bits per heavy atom. The van der Waals surface area contributed by atoms with Crippen LogP contribution in [0.1, 0.15) is 25.6 Å². The highest BCUT2D eigenvalue weighted by atomic mass is 127. The van der Waals surface area contributed by atoms with Crippen LogP contribution in [0.4, 0.5) is 0 Å². The van der Waals surface area contributed by atoms with E-state index >= 15 is 0 Å². The van der Waals surface area contributed by atoms with E-state index in [1.165, 1.54) is 24.7 Å². The fourth-order valence-corrected chi connectivity index (χ4v) is 5.03. The summed E-state index contributed by atoms with van der Waals surface area (Å²) < 4.78 is 12.6. The molecule has 1 heterocycles. The number of nitrogens with one attached hydrogen (secondary N) is 1. The van der Waals surface area contributed by atoms with Crippen molar-refractivity contribution in [2.45, 2.75) is 0 Å². The van der Waals surface area contributed by atoms with Gasteiger partial charge in [-0.2, -0.15) is 5.10 Å². The topological polar surface area (TPSA) is 77.0 Å². The van der Waals surface area contributed by atoms with Crippen LogP contribution in [0.25, 0.3) is 10.1 Å². The van der Waals surface area contributed by atoms with Crippen LogP contribution in [0.3, 0.4) is 0 Å². The van der Waals surface area contributed by atoms with Gasteiger partial charge in [0.25, 0.3) is 5.91 Å². The number of amides is 1. The molecule has 4 aromatic rings. The predicted octanol–water partition coefficient (Wildman–Crippen LogP) is 6.15. The average Bonchev–Trinajstić information content (AvgIpc) is 3.17. The third-order valence-corrected chi connectivity index (χ3v) is 7.20. The quantitative estimate of drug-likeness (QED) is 0.0961. The summed E-state index contributed by atoms with van der Waals surface area (Å²) in [6.07, 6.45) is 1.48. The third kappa shape index (κ3) is 5.18. The molecule has 0 unspecified atom stereocenters. The van der Waals surface area contributed by atoms with Gasteiger partial charge in [-0.1, -0.05) is 41.9 Å². The number of thiophene rings is 1. The van der Waals surface area contributed by atoms with E-state index in [0.29, 0.717) is 26.8 Å². The van der Waals surface area contributed by atoms with Crippen LogP contribution in [0, 0.1) is 3.57 Å². The number of hydrogen-bond donors (Lipinski definition) is 1. The molecule has 0 aliphatic carbocycles. The number of carbonyl (C=O) groups is 2. The van der Waals surface area contributed by atoms with E-state index in [0.717, 1.165) is 13.7 Å². The summed E-state index contributed by atoms with van der Waals surface area (Å²) in [6, 6.07) is 19.7. The molecule has 1 amide bonds. The first-order valence-corrected chi connectivity index (χ1v) is 11.9. The molecule has 0 aliphatic heterocycles. The number of methoxy groups -OCH3 is 1. The standard InChI is InChI=1S/C24H16ClIN2O4S/c1-31-19-12-14(13-27-28-23(29)15-6-2-4-8-17(15)26)10-11-18(19)32-24(30)22-21(25)16-7-3-5-9-20(16)33-22/h2-13H,1H3,(H,28,29). The molecule has 0 aliphatic rings. The van der Waals surface area contributed by atoms with E-state index in [9.17, 15) is 9.59 Å². The van der Waals surface area contributed by atoms with Crippen LogP contribution in [-0.4, -0.2) is 25.2 Å². The van der Waals surface area contributed by atoms with Gasteiger partial charge in [0.05, 0.1) is 23.9 Å². The first-order valence-electron chi connectivity index (χ1n) is 9.63. The van der Waals surface area contributed by atoms with Crippen molar-refractivity contribution in [2.24, 2.45) is 5.10 Å². The predicted molar refractivity (Wildman–Crippen MR) is 139 cm³/mol. The molecule has 1 aromatic heterocycles. The maximum atomic E-state index is 12.7. The Hall–Kier alpha value is -2.95. The Morgan fingerprint density at radius 3 is 2.58 bits per heavy atom. The second kappa shape index (κ2) is 10.3. The van der Waals surface area contributed by atoms with Crippen molar-refractivity contribution in [1.82, 2.24) is 5.43 Å². The van der Waals surface area contributed by atoms with Crippen molar-refractivity contribution in [3.63, 3.8) is 0 Å². The lowest BCUT2D eigenvalue weighted by Crippen LogP contribution is -2.18. The monoisotopic (exact) mass is 590 g/mol. The Bertz CT molecular complexity index is 1390. The largest absolute Gasteiger partial charge is 0.493 e. The number of carbonyl (C=O) groups excluding carboxylic acids is 2. The highest BCUT2D eigenvalue weighted by Crippen LogP contribution is 2.37. The molecule has 9 heteroatoms. The summed E-state index contributed by atoms with van der Waals surface area (Å²) in [5.41, 5.74) is 3.68. The molecule has 0 saturated heterocycles. The van der Waals surface area contributed by atoms with Crippen molar-refractivity contribution in [3.8, 4) is 11.5 Å². The van der Waals surface area contributed by atoms with Gasteiger partial charge in [-0.15, -0.1) is 11.3 Å². The van der Waals surface area contributed by atoms with E-state index in [1.807, 2.05) is 36.4 Å². The molecule has 0 bridgehead atoms. The average molecular weight is 591 g/mol. The number of rotatable bonds is 6. The lowest BCUT2D eigenvalue weighted by molar-refractivity contribution is 0.0734. The second-order valence-corrected chi connectivity index (χ2v) is 9.31. The minimum Gasteiger partial charge on any atom is -0.493 e. The molecule has 6 nitrogen and oxygen atoms in total. The molecule has 0 atom stereocenters. The number of halogens is 2. The number of esters is 1. The van der Waals surface area contributed by atoms with Gasteiger partial charge in [0.2, 0.25) is 0 Å². The summed E-state index contributed by atoms with van der Waals surface area (Å²) in [4.78, 5) is 25.3. The molecule has 0 fully saturated rings. The molecule has 166 valence electrons. The fraction of sp³-hybridized carbons (Fsp3) is 0.0417. The Labute approximate surface area is 212 Å². The highest BCUT2D eigenvalue weighted by molar-refractivity contribution is 14.1. The zero-order valence-corrected chi connectivity index (χ0v) is 20.9. The molecule has 0 spiro atoms. The van der Waals surface area contributed by atoms with Crippen molar-refractivity contribution in [2.75, 3.05) is 7.11 Å². The van der Waals surface area contributed by atoms with Crippen LogP contribution in [-0.2, 0) is 0 Å². The van der Waals surface area contributed by atoms with Crippen molar-refractivity contribution in [1.29, 1.82) is 0 Å². The van der Waals surface area contributed by atoms with E-state index in [2.05, 4.69) is 33.1 Å². The van der Waals surface area contributed by atoms with Crippen molar-refractivity contribution in [3.05, 3.63) is 91.3 Å². The van der Waals surface area contributed by atoms with Gasteiger partial charge in [-0.25, -0.2) is 10.2 Å². The molecule has 4 rings (SSSR count). The van der Waals surface area contributed by atoms with Gasteiger partial charge in [0, 0.05) is 13.7 Å². The zero-order chi connectivity index (χ0) is 23.4. The summed E-state index contributed by atoms with van der Waals surface area (Å²) in [5.74, 6) is -0.288. The maximum Gasteiger partial charge on any atom is 0.355 e. The van der Waals surface area contributed by atoms with E-state index < -0.39 is 5.97 Å². The van der Waals surface area contributed by atoms with E-state index in [-0.39, 0.29) is 11.7 Å². The molecular weight excluding hydrogens is 575 g/mol. The third-order valence-electron chi connectivity index (χ3n) is 4.61. The van der Waals surface area contributed by atoms with Crippen LogP contribution < -0.4 is 14.9 Å². The van der Waals surface area contributed by atoms with Crippen LogP contribution >= 0.6 is 45.5 Å². The maximum absolute atomic E-state index is 12.7. The summed E-state index contributed by atoms with van der Waals surface area (Å²) in [6.45, 7) is 0. The molecule has 0 saturated carbocycles. The Kier molecular flexibility index (Phi) is 7.26. The SMILES string of the molecule is COc1cc(C=NNC(=O)c2ccccc2I)ccc1OC(=O)c1sc2ccccc2c1Cl. The van der Waals surface area contributed by atoms with Gasteiger partial charge in [-0.05, 0) is 64.6 Å². The fourth-order valence-electron chi connectivity index (χ4n) is 3.01. The van der Waals surface area contributed by atoms with Crippen LogP contribution in [0.15, 0.2) is 71.8 Å². The minimum atomic E-state index is -0.564. The Balaban J connectivity index is 1.48. The van der Waals surface area contributed by atoms with Crippen molar-refractivity contribution >= 4 is 73.7 Å². The van der Waals surface area contributed by atoms with E-state index in [1.54, 1.807) is 30.3 Å². The molecular formula is C24H16ClIN2O4S. The lowest BCUT2D eigenvalue weighted by Gasteiger charge is -2.09. The first kappa shape index (κ1) is 23.2. The highest BCUT2D eigenvalue weighted by Gasteiger charge is 2.20. The van der Waals surface area contributed by atoms with Gasteiger partial charge < -0.3 is 9.47 Å². The summed E-state index contributed by atoms with van der Waals surface area (Å²) >= 11 is 9.74. The molecule has 33 heavy (non-hydrogen) atoms. The molecule has 3 aromatic carbocycles. The number of benzene rings is 3. The van der Waals surface area contributed by atoms with Crippen LogP contribution in [0.2, 0.25) is 5.02 Å². The minimum absolute atomic E-state index is 0.246. The van der Waals surface area contributed by atoms with E-state index in [4.69, 9.17) is 21.1 Å². The van der Waals surface area contributed by atoms with Gasteiger partial charge >= 0.3 is 5.97 Å². The van der Waals surface area contributed by atoms with Crippen molar-refractivity contribution < 1.29 is 19.1 Å². The normalized spacial score (nSPS) is 11.0. The lowest BCUT2D eigenvalue weighted by atomic mass is 10.2. The van der Waals surface area contributed by atoms with Crippen LogP contribution in [0.5, 0.6) is 11.5 Å². The summed E-state index contributed by atoms with van der Waals surface area (Å²) in [7, 11) is 1.47. The summed E-state index contributed by atoms with van der Waals surface area (Å²) in [5, 5.41) is 5.18. The zero-order valence-electron chi connectivity index (χ0n) is 17.2. The van der Waals surface area contributed by atoms with Gasteiger partial charge in [-0.3, -0.25) is 4.79 Å². The first-order chi connectivity index (χ1) is 16.0. The van der Waals surface area contributed by atoms with Gasteiger partial charge in [0.1, 0.15) is 4.88 Å². The second-order valence-electron chi connectivity index (χ2n) is 6.72. The number of hydrazone groups is 1. The number of hydrogen-bond acceptors (Lipinski definition) is 6. The van der Waals surface area contributed by atoms with Gasteiger partial charge in [0.15, 0.2) is 11.5 Å². The number of ether oxygens (including phenoxy) is 2. The number of nitrogens with zero attached hydrogens (tertiary/aromatic N) is 1. The number of fused-ring (bicyclic) bond motifs is 1. The molecule has 1 N–H and O–H groups in total. The molecule has 0 radical (unpaired) electrons. The Morgan fingerprint density at radius 2 is 1.82 bits per heavy atom. The smallest absolute Gasteiger partial charge is 0.355 e.